The van der Waals surface area contributed by atoms with Gasteiger partial charge in [0.25, 0.3) is 0 Å². The van der Waals surface area contributed by atoms with Crippen molar-refractivity contribution in [3.8, 4) is 0 Å². The highest BCUT2D eigenvalue weighted by atomic mass is 35.5. The average molecular weight is 204 g/mol. The lowest BCUT2D eigenvalue weighted by Crippen LogP contribution is -2.40. The second-order valence-electron chi connectivity index (χ2n) is 3.76. The maximum atomic E-state index is 11.6. The number of carbonyl (C=O) groups is 1. The lowest BCUT2D eigenvalue weighted by Gasteiger charge is -2.30. The molecular weight excluding hydrogens is 186 g/mol. The highest BCUT2D eigenvalue weighted by molar-refractivity contribution is 6.17. The molecule has 76 valence electrons. The van der Waals surface area contributed by atoms with Gasteiger partial charge in [0, 0.05) is 24.9 Å². The van der Waals surface area contributed by atoms with Gasteiger partial charge in [-0.1, -0.05) is 6.92 Å². The molecule has 1 rings (SSSR count). The molecule has 1 unspecified atom stereocenters. The number of rotatable bonds is 4. The molecule has 1 aliphatic rings. The summed E-state index contributed by atoms with van der Waals surface area (Å²) in [4.78, 5) is 13.6. The van der Waals surface area contributed by atoms with Crippen molar-refractivity contribution >= 4 is 17.5 Å². The molecule has 1 atom stereocenters. The zero-order valence-electron chi connectivity index (χ0n) is 8.26. The first-order valence-electron chi connectivity index (χ1n) is 5.10. The molecule has 13 heavy (non-hydrogen) atoms. The third kappa shape index (κ3) is 3.18. The third-order valence-corrected chi connectivity index (χ3v) is 2.88. The summed E-state index contributed by atoms with van der Waals surface area (Å²) < 4.78 is 0. The van der Waals surface area contributed by atoms with Gasteiger partial charge in [0.2, 0.25) is 5.91 Å². The van der Waals surface area contributed by atoms with E-state index in [0.29, 0.717) is 11.8 Å². The summed E-state index contributed by atoms with van der Waals surface area (Å²) >= 11 is 5.58. The van der Waals surface area contributed by atoms with E-state index in [1.807, 2.05) is 11.8 Å². The van der Waals surface area contributed by atoms with E-state index < -0.39 is 0 Å². The van der Waals surface area contributed by atoms with Crippen molar-refractivity contribution in [1.29, 1.82) is 0 Å². The second-order valence-corrected chi connectivity index (χ2v) is 4.14. The minimum Gasteiger partial charge on any atom is -0.342 e. The van der Waals surface area contributed by atoms with E-state index in [2.05, 4.69) is 0 Å². The molecule has 1 amide bonds. The fourth-order valence-corrected chi connectivity index (χ4v) is 1.94. The van der Waals surface area contributed by atoms with Crippen molar-refractivity contribution in [2.45, 2.75) is 32.6 Å². The Morgan fingerprint density at radius 3 is 3.00 bits per heavy atom. The first kappa shape index (κ1) is 10.8. The van der Waals surface area contributed by atoms with Gasteiger partial charge in [-0.3, -0.25) is 4.79 Å². The first-order valence-corrected chi connectivity index (χ1v) is 5.64. The van der Waals surface area contributed by atoms with Gasteiger partial charge in [-0.25, -0.2) is 0 Å². The number of unbranched alkanes of at least 4 members (excludes halogenated alkanes) is 1. The van der Waals surface area contributed by atoms with Gasteiger partial charge in [0.15, 0.2) is 0 Å². The summed E-state index contributed by atoms with van der Waals surface area (Å²) in [6, 6.07) is 0. The van der Waals surface area contributed by atoms with Crippen molar-refractivity contribution in [3.05, 3.63) is 0 Å². The number of carbonyl (C=O) groups excluding carboxylic acids is 1. The van der Waals surface area contributed by atoms with Crippen molar-refractivity contribution in [2.75, 3.05) is 19.0 Å². The van der Waals surface area contributed by atoms with Crippen LogP contribution in [0.5, 0.6) is 0 Å². The molecule has 0 aliphatic carbocycles. The van der Waals surface area contributed by atoms with E-state index in [4.69, 9.17) is 11.6 Å². The first-order chi connectivity index (χ1) is 6.25. The van der Waals surface area contributed by atoms with E-state index in [-0.39, 0.29) is 5.92 Å². The number of hydrogen-bond donors (Lipinski definition) is 0. The van der Waals surface area contributed by atoms with E-state index >= 15 is 0 Å². The lowest BCUT2D eigenvalue weighted by atomic mass is 9.99. The summed E-state index contributed by atoms with van der Waals surface area (Å²) in [7, 11) is 0. The van der Waals surface area contributed by atoms with Crippen LogP contribution >= 0.6 is 11.6 Å². The highest BCUT2D eigenvalue weighted by Gasteiger charge is 2.23. The van der Waals surface area contributed by atoms with Gasteiger partial charge in [-0.15, -0.1) is 11.6 Å². The molecule has 1 heterocycles. The Labute approximate surface area is 85.2 Å². The van der Waals surface area contributed by atoms with Crippen LogP contribution < -0.4 is 0 Å². The molecule has 1 fully saturated rings. The highest BCUT2D eigenvalue weighted by Crippen LogP contribution is 2.17. The van der Waals surface area contributed by atoms with Gasteiger partial charge >= 0.3 is 0 Å². The molecule has 1 aliphatic heterocycles. The Kier molecular flexibility index (Phi) is 4.57. The molecule has 0 aromatic heterocycles. The van der Waals surface area contributed by atoms with Crippen molar-refractivity contribution in [2.24, 2.45) is 5.92 Å². The van der Waals surface area contributed by atoms with E-state index in [1.165, 1.54) is 0 Å². The predicted octanol–water partition coefficient (Wildman–Crippen LogP) is 2.26. The van der Waals surface area contributed by atoms with Crippen LogP contribution in [0.1, 0.15) is 32.6 Å². The number of likely N-dealkylation sites (tertiary alicyclic amines) is 1. The number of amides is 1. The van der Waals surface area contributed by atoms with Crippen LogP contribution in [0.3, 0.4) is 0 Å². The fraction of sp³-hybridized carbons (Fsp3) is 0.900. The number of nitrogens with zero attached hydrogens (tertiary/aromatic N) is 1. The van der Waals surface area contributed by atoms with Gasteiger partial charge in [-0.05, 0) is 25.7 Å². The maximum Gasteiger partial charge on any atom is 0.225 e. The summed E-state index contributed by atoms with van der Waals surface area (Å²) in [6.45, 7) is 3.87. The summed E-state index contributed by atoms with van der Waals surface area (Å²) in [5.41, 5.74) is 0. The molecule has 0 saturated carbocycles. The average Bonchev–Trinajstić information content (AvgIpc) is 2.13. The van der Waals surface area contributed by atoms with E-state index in [9.17, 15) is 4.79 Å². The zero-order chi connectivity index (χ0) is 9.68. The predicted molar refractivity (Wildman–Crippen MR) is 54.9 cm³/mol. The SMILES string of the molecule is CC1CCCN(CCCCCl)C1=O. The Morgan fingerprint density at radius 1 is 1.54 bits per heavy atom. The van der Waals surface area contributed by atoms with Gasteiger partial charge in [0.05, 0.1) is 0 Å². The normalized spacial score (nSPS) is 23.7. The molecule has 1 saturated heterocycles. The summed E-state index contributed by atoms with van der Waals surface area (Å²) in [6.07, 6.45) is 4.28. The topological polar surface area (TPSA) is 20.3 Å². The van der Waals surface area contributed by atoms with Crippen LogP contribution in [0, 0.1) is 5.92 Å². The Morgan fingerprint density at radius 2 is 2.31 bits per heavy atom. The molecule has 0 aromatic rings. The number of hydrogen-bond acceptors (Lipinski definition) is 1. The molecule has 0 radical (unpaired) electrons. The smallest absolute Gasteiger partial charge is 0.225 e. The zero-order valence-corrected chi connectivity index (χ0v) is 9.02. The van der Waals surface area contributed by atoms with Gasteiger partial charge < -0.3 is 4.90 Å². The summed E-state index contributed by atoms with van der Waals surface area (Å²) in [5.74, 6) is 1.28. The molecule has 0 aromatic carbocycles. The van der Waals surface area contributed by atoms with E-state index in [0.717, 1.165) is 38.8 Å². The minimum absolute atomic E-state index is 0.241. The summed E-state index contributed by atoms with van der Waals surface area (Å²) in [5, 5.41) is 0. The minimum atomic E-state index is 0.241. The maximum absolute atomic E-state index is 11.6. The second kappa shape index (κ2) is 5.48. The monoisotopic (exact) mass is 203 g/mol. The van der Waals surface area contributed by atoms with Crippen LogP contribution in [0.4, 0.5) is 0 Å². The van der Waals surface area contributed by atoms with Crippen LogP contribution in [0.25, 0.3) is 0 Å². The lowest BCUT2D eigenvalue weighted by molar-refractivity contribution is -0.137. The number of alkyl halides is 1. The Balaban J connectivity index is 2.27. The largest absolute Gasteiger partial charge is 0.342 e. The standard InChI is InChI=1S/C10H18ClNO/c1-9-5-4-8-12(10(9)13)7-3-2-6-11/h9H,2-8H2,1H3. The quantitative estimate of drug-likeness (QED) is 0.507. The molecule has 0 spiro atoms. The van der Waals surface area contributed by atoms with Crippen LogP contribution in [-0.2, 0) is 4.79 Å². The van der Waals surface area contributed by atoms with Crippen molar-refractivity contribution < 1.29 is 4.79 Å². The van der Waals surface area contributed by atoms with Crippen LogP contribution in [0.2, 0.25) is 0 Å². The Hall–Kier alpha value is -0.240. The molecule has 0 N–H and O–H groups in total. The van der Waals surface area contributed by atoms with Gasteiger partial charge in [0.1, 0.15) is 0 Å². The van der Waals surface area contributed by atoms with Gasteiger partial charge in [-0.2, -0.15) is 0 Å². The van der Waals surface area contributed by atoms with Crippen molar-refractivity contribution in [3.63, 3.8) is 0 Å². The molecule has 2 nitrogen and oxygen atoms in total. The number of halogens is 1. The third-order valence-electron chi connectivity index (χ3n) is 2.61. The Bertz CT molecular complexity index is 172. The fourth-order valence-electron chi connectivity index (χ4n) is 1.75. The van der Waals surface area contributed by atoms with Crippen molar-refractivity contribution in [1.82, 2.24) is 4.90 Å². The van der Waals surface area contributed by atoms with Crippen LogP contribution in [-0.4, -0.2) is 29.8 Å². The molecule has 3 heteroatoms. The number of piperidine rings is 1. The molecule has 0 bridgehead atoms. The molecular formula is C10H18ClNO. The van der Waals surface area contributed by atoms with E-state index in [1.54, 1.807) is 0 Å². The van der Waals surface area contributed by atoms with Crippen LogP contribution in [0.15, 0.2) is 0 Å².